The second-order valence-electron chi connectivity index (χ2n) is 6.84. The van der Waals surface area contributed by atoms with Crippen LogP contribution in [0.1, 0.15) is 37.7 Å². The van der Waals surface area contributed by atoms with E-state index in [-0.39, 0.29) is 12.4 Å². The number of piperidine rings is 1. The Morgan fingerprint density at radius 3 is 2.71 bits per heavy atom. The van der Waals surface area contributed by atoms with Crippen molar-refractivity contribution in [1.82, 2.24) is 10.2 Å². The summed E-state index contributed by atoms with van der Waals surface area (Å²) < 4.78 is 0. The smallest absolute Gasteiger partial charge is 0.0408 e. The molecule has 0 bridgehead atoms. The SMILES string of the molecule is CC1(CN2CCC(c3cccc(Cl)c3)CC2)CCNC1.Cl. The second-order valence-corrected chi connectivity index (χ2v) is 7.28. The van der Waals surface area contributed by atoms with Crippen LogP contribution >= 0.6 is 24.0 Å². The highest BCUT2D eigenvalue weighted by atomic mass is 35.5. The summed E-state index contributed by atoms with van der Waals surface area (Å²) in [6.45, 7) is 8.51. The minimum atomic E-state index is 0. The molecular weight excluding hydrogens is 303 g/mol. The normalized spacial score (nSPS) is 27.5. The van der Waals surface area contributed by atoms with Crippen molar-refractivity contribution in [2.24, 2.45) is 5.41 Å². The molecule has 1 aromatic rings. The summed E-state index contributed by atoms with van der Waals surface area (Å²) in [5, 5.41) is 4.37. The van der Waals surface area contributed by atoms with Crippen LogP contribution in [-0.2, 0) is 0 Å². The molecule has 4 heteroatoms. The van der Waals surface area contributed by atoms with Crippen molar-refractivity contribution in [3.05, 3.63) is 34.9 Å². The number of halogens is 2. The van der Waals surface area contributed by atoms with Crippen molar-refractivity contribution in [2.75, 3.05) is 32.7 Å². The highest BCUT2D eigenvalue weighted by Gasteiger charge is 2.32. The maximum absolute atomic E-state index is 6.11. The third kappa shape index (κ3) is 4.35. The molecule has 21 heavy (non-hydrogen) atoms. The fourth-order valence-corrected chi connectivity index (χ4v) is 3.93. The van der Waals surface area contributed by atoms with Gasteiger partial charge in [-0.25, -0.2) is 0 Å². The molecule has 1 N–H and O–H groups in total. The Kier molecular flexibility index (Phi) is 5.96. The van der Waals surface area contributed by atoms with E-state index < -0.39 is 0 Å². The molecule has 2 nitrogen and oxygen atoms in total. The van der Waals surface area contributed by atoms with Gasteiger partial charge < -0.3 is 10.2 Å². The van der Waals surface area contributed by atoms with E-state index in [0.717, 1.165) is 5.02 Å². The molecule has 0 saturated carbocycles. The van der Waals surface area contributed by atoms with Gasteiger partial charge in [0.2, 0.25) is 0 Å². The standard InChI is InChI=1S/C17H25ClN2.ClH/c1-17(7-8-19-12-17)13-20-9-5-14(6-10-20)15-3-2-4-16(18)11-15;/h2-4,11,14,19H,5-10,12-13H2,1H3;1H. The van der Waals surface area contributed by atoms with E-state index in [4.69, 9.17) is 11.6 Å². The molecule has 118 valence electrons. The molecule has 2 fully saturated rings. The summed E-state index contributed by atoms with van der Waals surface area (Å²) in [6.07, 6.45) is 3.86. The van der Waals surface area contributed by atoms with Gasteiger partial charge in [-0.1, -0.05) is 30.7 Å². The van der Waals surface area contributed by atoms with Gasteiger partial charge in [0.1, 0.15) is 0 Å². The number of benzene rings is 1. The molecule has 1 aromatic carbocycles. The van der Waals surface area contributed by atoms with Gasteiger partial charge in [0.15, 0.2) is 0 Å². The van der Waals surface area contributed by atoms with Gasteiger partial charge in [0.05, 0.1) is 0 Å². The molecule has 2 saturated heterocycles. The lowest BCUT2D eigenvalue weighted by Crippen LogP contribution is -2.41. The van der Waals surface area contributed by atoms with Gasteiger partial charge >= 0.3 is 0 Å². The molecule has 3 rings (SSSR count). The third-order valence-electron chi connectivity index (χ3n) is 4.97. The largest absolute Gasteiger partial charge is 0.316 e. The molecule has 0 radical (unpaired) electrons. The summed E-state index contributed by atoms with van der Waals surface area (Å²) in [5.74, 6) is 0.694. The first-order chi connectivity index (χ1) is 9.65. The number of hydrogen-bond acceptors (Lipinski definition) is 2. The maximum atomic E-state index is 6.11. The highest BCUT2D eigenvalue weighted by Crippen LogP contribution is 2.32. The van der Waals surface area contributed by atoms with E-state index in [0.29, 0.717) is 11.3 Å². The van der Waals surface area contributed by atoms with Gasteiger partial charge in [-0.15, -0.1) is 12.4 Å². The van der Waals surface area contributed by atoms with E-state index in [2.05, 4.69) is 35.3 Å². The average Bonchev–Trinajstić information content (AvgIpc) is 2.86. The van der Waals surface area contributed by atoms with Crippen LogP contribution < -0.4 is 5.32 Å². The molecule has 0 spiro atoms. The minimum absolute atomic E-state index is 0. The van der Waals surface area contributed by atoms with Gasteiger partial charge in [0.25, 0.3) is 0 Å². The number of nitrogens with zero attached hydrogens (tertiary/aromatic N) is 1. The van der Waals surface area contributed by atoms with E-state index in [1.807, 2.05) is 6.07 Å². The Balaban J connectivity index is 0.00000161. The Labute approximate surface area is 139 Å². The van der Waals surface area contributed by atoms with Crippen LogP contribution in [0.25, 0.3) is 0 Å². The van der Waals surface area contributed by atoms with Gasteiger partial charge in [0, 0.05) is 18.1 Å². The first kappa shape index (κ1) is 17.1. The Hall–Kier alpha value is -0.280. The zero-order valence-electron chi connectivity index (χ0n) is 12.8. The quantitative estimate of drug-likeness (QED) is 0.904. The van der Waals surface area contributed by atoms with Crippen LogP contribution in [0.4, 0.5) is 0 Å². The van der Waals surface area contributed by atoms with Gasteiger partial charge in [-0.05, 0) is 67.9 Å². The number of rotatable bonds is 3. The predicted octanol–water partition coefficient (Wildman–Crippen LogP) is 3.94. The second kappa shape index (κ2) is 7.32. The fourth-order valence-electron chi connectivity index (χ4n) is 3.73. The van der Waals surface area contributed by atoms with Gasteiger partial charge in [-0.2, -0.15) is 0 Å². The van der Waals surface area contributed by atoms with Crippen LogP contribution in [0.3, 0.4) is 0 Å². The van der Waals surface area contributed by atoms with Crippen LogP contribution in [0, 0.1) is 5.41 Å². The first-order valence-electron chi connectivity index (χ1n) is 7.83. The summed E-state index contributed by atoms with van der Waals surface area (Å²) in [7, 11) is 0. The molecule has 2 aliphatic rings. The zero-order valence-corrected chi connectivity index (χ0v) is 14.3. The summed E-state index contributed by atoms with van der Waals surface area (Å²) in [6, 6.07) is 8.42. The fraction of sp³-hybridized carbons (Fsp3) is 0.647. The van der Waals surface area contributed by atoms with Crippen molar-refractivity contribution in [3.63, 3.8) is 0 Å². The minimum Gasteiger partial charge on any atom is -0.316 e. The van der Waals surface area contributed by atoms with Crippen molar-refractivity contribution < 1.29 is 0 Å². The maximum Gasteiger partial charge on any atom is 0.0408 e. The van der Waals surface area contributed by atoms with Crippen molar-refractivity contribution in [1.29, 1.82) is 0 Å². The lowest BCUT2D eigenvalue weighted by atomic mass is 9.86. The summed E-state index contributed by atoms with van der Waals surface area (Å²) in [5.41, 5.74) is 1.91. The first-order valence-corrected chi connectivity index (χ1v) is 8.21. The number of hydrogen-bond donors (Lipinski definition) is 1. The lowest BCUT2D eigenvalue weighted by Gasteiger charge is -2.37. The van der Waals surface area contributed by atoms with E-state index in [1.54, 1.807) is 0 Å². The van der Waals surface area contributed by atoms with Crippen molar-refractivity contribution in [2.45, 2.75) is 32.1 Å². The highest BCUT2D eigenvalue weighted by molar-refractivity contribution is 6.30. The summed E-state index contributed by atoms with van der Waals surface area (Å²) in [4.78, 5) is 2.66. The molecule has 0 aromatic heterocycles. The monoisotopic (exact) mass is 328 g/mol. The molecule has 2 aliphatic heterocycles. The van der Waals surface area contributed by atoms with Crippen LogP contribution in [-0.4, -0.2) is 37.6 Å². The average molecular weight is 329 g/mol. The van der Waals surface area contributed by atoms with Gasteiger partial charge in [-0.3, -0.25) is 0 Å². The molecule has 0 aliphatic carbocycles. The molecule has 2 heterocycles. The van der Waals surface area contributed by atoms with Crippen LogP contribution in [0.15, 0.2) is 24.3 Å². The van der Waals surface area contributed by atoms with Crippen molar-refractivity contribution >= 4 is 24.0 Å². The van der Waals surface area contributed by atoms with E-state index >= 15 is 0 Å². The Morgan fingerprint density at radius 1 is 1.33 bits per heavy atom. The topological polar surface area (TPSA) is 15.3 Å². The summed E-state index contributed by atoms with van der Waals surface area (Å²) >= 11 is 6.11. The van der Waals surface area contributed by atoms with E-state index in [1.165, 1.54) is 57.5 Å². The molecular formula is C17H26Cl2N2. The number of nitrogens with one attached hydrogen (secondary N) is 1. The Morgan fingerprint density at radius 2 is 2.10 bits per heavy atom. The third-order valence-corrected chi connectivity index (χ3v) is 5.21. The van der Waals surface area contributed by atoms with Crippen molar-refractivity contribution in [3.8, 4) is 0 Å². The molecule has 1 atom stereocenters. The van der Waals surface area contributed by atoms with Crippen LogP contribution in [0.2, 0.25) is 5.02 Å². The molecule has 0 amide bonds. The predicted molar refractivity (Wildman–Crippen MR) is 92.7 cm³/mol. The zero-order chi connectivity index (χ0) is 14.0. The Bertz CT molecular complexity index is 450. The van der Waals surface area contributed by atoms with Crippen LogP contribution in [0.5, 0.6) is 0 Å². The molecule has 1 unspecified atom stereocenters. The number of likely N-dealkylation sites (tertiary alicyclic amines) is 1. The lowest BCUT2D eigenvalue weighted by molar-refractivity contribution is 0.144. The van der Waals surface area contributed by atoms with E-state index in [9.17, 15) is 0 Å².